The molecule has 0 saturated heterocycles. The Morgan fingerprint density at radius 2 is 2.04 bits per heavy atom. The minimum atomic E-state index is -3.79. The standard InChI is InChI=1S/C20H28O7S/c1-6-25-16(22)20-13(21)7-8-19(20)14(27-28(5,23)24)11-12(17(2,3)4)18(19)9-10-26-15(18)20/h9-10,12,14-15H,6-8,11H2,1-5H3/t12-,14-,15+,18+,19+,20+/m0/s1. The molecule has 4 rings (SSSR count). The molecule has 3 aliphatic carbocycles. The Balaban J connectivity index is 1.96. The summed E-state index contributed by atoms with van der Waals surface area (Å²) >= 11 is 0. The number of rotatable bonds is 4. The summed E-state index contributed by atoms with van der Waals surface area (Å²) in [4.78, 5) is 26.4. The van der Waals surface area contributed by atoms with Crippen molar-refractivity contribution >= 4 is 21.9 Å². The Morgan fingerprint density at radius 3 is 2.61 bits per heavy atom. The highest BCUT2D eigenvalue weighted by Crippen LogP contribution is 2.86. The number of esters is 1. The molecule has 8 heteroatoms. The molecule has 4 aliphatic rings. The zero-order chi connectivity index (χ0) is 20.8. The van der Waals surface area contributed by atoms with E-state index in [2.05, 4.69) is 20.8 Å². The van der Waals surface area contributed by atoms with Gasteiger partial charge in [0, 0.05) is 17.3 Å². The molecule has 2 spiro atoms. The third-order valence-corrected chi connectivity index (χ3v) is 8.14. The molecule has 0 N–H and O–H groups in total. The fourth-order valence-corrected chi connectivity index (χ4v) is 7.72. The maximum atomic E-state index is 13.2. The Hall–Kier alpha value is -1.41. The van der Waals surface area contributed by atoms with Gasteiger partial charge in [0.05, 0.1) is 25.2 Å². The summed E-state index contributed by atoms with van der Waals surface area (Å²) in [6.07, 6.45) is 4.11. The maximum Gasteiger partial charge on any atom is 0.324 e. The molecule has 0 bridgehead atoms. The molecule has 1 heterocycles. The van der Waals surface area contributed by atoms with Gasteiger partial charge in [-0.2, -0.15) is 8.42 Å². The fourth-order valence-electron chi connectivity index (χ4n) is 7.05. The van der Waals surface area contributed by atoms with E-state index >= 15 is 0 Å². The summed E-state index contributed by atoms with van der Waals surface area (Å²) in [5.41, 5.74) is -3.31. The van der Waals surface area contributed by atoms with Crippen molar-refractivity contribution in [2.24, 2.45) is 27.6 Å². The van der Waals surface area contributed by atoms with Crippen LogP contribution in [0.1, 0.15) is 47.0 Å². The third kappa shape index (κ3) is 1.96. The SMILES string of the molecule is CCOC(=O)[C@]12C(=O)CC[C@]13[C@@H](OS(C)(=O)=O)C[C@@H](C(C)(C)C)[C@@]31C=CO[C@@H]21. The van der Waals surface area contributed by atoms with Crippen molar-refractivity contribution in [1.82, 2.24) is 0 Å². The van der Waals surface area contributed by atoms with Crippen LogP contribution in [0.2, 0.25) is 0 Å². The van der Waals surface area contributed by atoms with Crippen LogP contribution in [-0.4, -0.2) is 45.2 Å². The lowest BCUT2D eigenvalue weighted by atomic mass is 9.34. The molecular formula is C20H28O7S. The van der Waals surface area contributed by atoms with Gasteiger partial charge in [0.1, 0.15) is 6.10 Å². The van der Waals surface area contributed by atoms with Crippen LogP contribution in [0.3, 0.4) is 0 Å². The van der Waals surface area contributed by atoms with Crippen LogP contribution in [0.4, 0.5) is 0 Å². The molecule has 6 atom stereocenters. The van der Waals surface area contributed by atoms with Gasteiger partial charge in [-0.15, -0.1) is 0 Å². The molecule has 1 aliphatic heterocycles. The first-order chi connectivity index (χ1) is 12.9. The molecule has 28 heavy (non-hydrogen) atoms. The minimum Gasteiger partial charge on any atom is -0.496 e. The van der Waals surface area contributed by atoms with Crippen molar-refractivity contribution < 1.29 is 31.7 Å². The van der Waals surface area contributed by atoms with Crippen LogP contribution in [0.5, 0.6) is 0 Å². The summed E-state index contributed by atoms with van der Waals surface area (Å²) in [5.74, 6) is -0.852. The molecule has 0 aromatic carbocycles. The number of fused-ring (bicyclic) bond motifs is 1. The second kappa shape index (κ2) is 5.59. The summed E-state index contributed by atoms with van der Waals surface area (Å²) in [5, 5.41) is 0. The normalized spacial score (nSPS) is 43.8. The van der Waals surface area contributed by atoms with Crippen LogP contribution < -0.4 is 0 Å². The first-order valence-corrected chi connectivity index (χ1v) is 11.6. The molecule has 0 unspecified atom stereocenters. The first kappa shape index (κ1) is 19.9. The number of hydrogen-bond donors (Lipinski definition) is 0. The van der Waals surface area contributed by atoms with Crippen molar-refractivity contribution in [1.29, 1.82) is 0 Å². The first-order valence-electron chi connectivity index (χ1n) is 9.81. The van der Waals surface area contributed by atoms with Crippen molar-refractivity contribution in [2.75, 3.05) is 12.9 Å². The topological polar surface area (TPSA) is 96.0 Å². The van der Waals surface area contributed by atoms with Gasteiger partial charge >= 0.3 is 5.97 Å². The second-order valence-corrected chi connectivity index (χ2v) is 11.2. The van der Waals surface area contributed by atoms with E-state index in [9.17, 15) is 18.0 Å². The number of carbonyl (C=O) groups excluding carboxylic acids is 2. The Kier molecular flexibility index (Phi) is 3.97. The highest BCUT2D eigenvalue weighted by atomic mass is 32.2. The van der Waals surface area contributed by atoms with Gasteiger partial charge in [-0.05, 0) is 37.2 Å². The Labute approximate surface area is 165 Å². The summed E-state index contributed by atoms with van der Waals surface area (Å²) in [6, 6.07) is 0. The van der Waals surface area contributed by atoms with E-state index in [0.29, 0.717) is 12.8 Å². The van der Waals surface area contributed by atoms with Crippen molar-refractivity contribution in [2.45, 2.75) is 59.2 Å². The van der Waals surface area contributed by atoms with E-state index in [1.165, 1.54) is 0 Å². The average Bonchev–Trinajstić information content (AvgIpc) is 3.12. The molecule has 0 aromatic heterocycles. The number of carbonyl (C=O) groups is 2. The molecule has 156 valence electrons. The van der Waals surface area contributed by atoms with Crippen molar-refractivity contribution in [3.63, 3.8) is 0 Å². The lowest BCUT2D eigenvalue weighted by Gasteiger charge is -2.67. The average molecular weight is 413 g/mol. The number of ketones is 1. The maximum absolute atomic E-state index is 13.2. The van der Waals surface area contributed by atoms with Crippen LogP contribution in [0.15, 0.2) is 12.3 Å². The van der Waals surface area contributed by atoms with Crippen LogP contribution in [0.25, 0.3) is 0 Å². The summed E-state index contributed by atoms with van der Waals surface area (Å²) < 4.78 is 41.1. The Bertz CT molecular complexity index is 869. The largest absolute Gasteiger partial charge is 0.496 e. The van der Waals surface area contributed by atoms with E-state index in [1.807, 2.05) is 6.08 Å². The predicted molar refractivity (Wildman–Crippen MR) is 99.5 cm³/mol. The molecule has 3 fully saturated rings. The monoisotopic (exact) mass is 412 g/mol. The molecule has 3 saturated carbocycles. The van der Waals surface area contributed by atoms with Crippen LogP contribution in [0, 0.1) is 27.6 Å². The third-order valence-electron chi connectivity index (χ3n) is 7.56. The molecule has 0 radical (unpaired) electrons. The number of hydrogen-bond acceptors (Lipinski definition) is 7. The van der Waals surface area contributed by atoms with E-state index in [0.717, 1.165) is 6.26 Å². The summed E-state index contributed by atoms with van der Waals surface area (Å²) in [7, 11) is -3.79. The number of ether oxygens (including phenoxy) is 2. The predicted octanol–water partition coefficient (Wildman–Crippen LogP) is 2.21. The lowest BCUT2D eigenvalue weighted by Crippen LogP contribution is -2.79. The van der Waals surface area contributed by atoms with Gasteiger partial charge in [0.15, 0.2) is 11.2 Å². The van der Waals surface area contributed by atoms with Gasteiger partial charge in [-0.25, -0.2) is 0 Å². The summed E-state index contributed by atoms with van der Waals surface area (Å²) in [6.45, 7) is 8.10. The van der Waals surface area contributed by atoms with Crippen molar-refractivity contribution in [3.8, 4) is 0 Å². The molecular weight excluding hydrogens is 384 g/mol. The zero-order valence-corrected chi connectivity index (χ0v) is 17.8. The fraction of sp³-hybridized carbons (Fsp3) is 0.800. The highest BCUT2D eigenvalue weighted by Gasteiger charge is 2.95. The van der Waals surface area contributed by atoms with Gasteiger partial charge in [0.25, 0.3) is 10.1 Å². The smallest absolute Gasteiger partial charge is 0.324 e. The minimum absolute atomic E-state index is 0.0102. The number of Topliss-reactive ketones (excluding diaryl/α,β-unsaturated/α-hetero) is 1. The van der Waals surface area contributed by atoms with Gasteiger partial charge in [-0.1, -0.05) is 20.8 Å². The van der Waals surface area contributed by atoms with Gasteiger partial charge in [-0.3, -0.25) is 13.8 Å². The Morgan fingerprint density at radius 1 is 1.36 bits per heavy atom. The van der Waals surface area contributed by atoms with E-state index in [1.54, 1.807) is 13.2 Å². The molecule has 0 aromatic rings. The zero-order valence-electron chi connectivity index (χ0n) is 17.0. The van der Waals surface area contributed by atoms with Gasteiger partial charge < -0.3 is 9.47 Å². The van der Waals surface area contributed by atoms with Crippen LogP contribution >= 0.6 is 0 Å². The van der Waals surface area contributed by atoms with Gasteiger partial charge in [0.2, 0.25) is 0 Å². The van der Waals surface area contributed by atoms with E-state index in [4.69, 9.17) is 13.7 Å². The molecule has 7 nitrogen and oxygen atoms in total. The van der Waals surface area contributed by atoms with Crippen molar-refractivity contribution in [3.05, 3.63) is 12.3 Å². The van der Waals surface area contributed by atoms with E-state index in [-0.39, 0.29) is 30.1 Å². The highest BCUT2D eigenvalue weighted by molar-refractivity contribution is 7.86. The second-order valence-electron chi connectivity index (χ2n) is 9.62. The quantitative estimate of drug-likeness (QED) is 0.397. The van der Waals surface area contributed by atoms with E-state index < -0.39 is 44.5 Å². The lowest BCUT2D eigenvalue weighted by molar-refractivity contribution is -0.272. The molecule has 0 amide bonds. The van der Waals surface area contributed by atoms with Crippen LogP contribution in [-0.2, 0) is 33.4 Å².